The van der Waals surface area contributed by atoms with Gasteiger partial charge in [0.2, 0.25) is 11.8 Å². The number of halogens is 1. The Kier molecular flexibility index (Phi) is 10.6. The molecule has 2 aliphatic heterocycles. The van der Waals surface area contributed by atoms with E-state index in [4.69, 9.17) is 14.2 Å². The van der Waals surface area contributed by atoms with Gasteiger partial charge in [-0.1, -0.05) is 42.5 Å². The highest BCUT2D eigenvalue weighted by Gasteiger charge is 2.53. The molecule has 2 aliphatic rings. The van der Waals surface area contributed by atoms with Crippen LogP contribution in [0.3, 0.4) is 0 Å². The monoisotopic (exact) mass is 611 g/mol. The quantitative estimate of drug-likeness (QED) is 0.320. The Morgan fingerprint density at radius 2 is 1.75 bits per heavy atom. The molecule has 1 unspecified atom stereocenters. The molecular formula is C32H38FN3O8. The summed E-state index contributed by atoms with van der Waals surface area (Å²) < 4.78 is 29.8. The first-order valence-corrected chi connectivity index (χ1v) is 14.6. The number of esters is 2. The fourth-order valence-electron chi connectivity index (χ4n) is 6.01. The second kappa shape index (κ2) is 14.3. The average molecular weight is 612 g/mol. The topological polar surface area (TPSA) is 132 Å². The Balaban J connectivity index is 1.62. The van der Waals surface area contributed by atoms with E-state index in [1.807, 2.05) is 30.3 Å². The van der Waals surface area contributed by atoms with E-state index < -0.39 is 59.4 Å². The number of methoxy groups -OCH3 is 1. The molecule has 0 radical (unpaired) electrons. The third kappa shape index (κ3) is 7.35. The lowest BCUT2D eigenvalue weighted by atomic mass is 9.86. The zero-order valence-electron chi connectivity index (χ0n) is 25.1. The van der Waals surface area contributed by atoms with Gasteiger partial charge >= 0.3 is 18.0 Å². The number of rotatable bonds is 10. The summed E-state index contributed by atoms with van der Waals surface area (Å²) in [7, 11) is 1.14. The van der Waals surface area contributed by atoms with Crippen molar-refractivity contribution >= 4 is 29.8 Å². The van der Waals surface area contributed by atoms with Crippen molar-refractivity contribution in [3.63, 3.8) is 0 Å². The zero-order chi connectivity index (χ0) is 31.9. The molecule has 1 N–H and O–H groups in total. The van der Waals surface area contributed by atoms with Crippen molar-refractivity contribution in [1.82, 2.24) is 15.1 Å². The maximum atomic E-state index is 14.2. The summed E-state index contributed by atoms with van der Waals surface area (Å²) >= 11 is 0. The van der Waals surface area contributed by atoms with Crippen LogP contribution in [0.15, 0.2) is 54.6 Å². The van der Waals surface area contributed by atoms with Crippen LogP contribution in [0.25, 0.3) is 0 Å². The van der Waals surface area contributed by atoms with Gasteiger partial charge in [-0.05, 0) is 55.9 Å². The fraction of sp³-hybridized carbons (Fsp3) is 0.469. The highest BCUT2D eigenvalue weighted by Crippen LogP contribution is 2.36. The molecule has 3 amide bonds. The highest BCUT2D eigenvalue weighted by atomic mass is 19.1. The highest BCUT2D eigenvalue weighted by molar-refractivity contribution is 5.97. The van der Waals surface area contributed by atoms with Gasteiger partial charge in [-0.15, -0.1) is 0 Å². The molecule has 2 fully saturated rings. The average Bonchev–Trinajstić information content (AvgIpc) is 3.66. The zero-order valence-corrected chi connectivity index (χ0v) is 25.1. The number of amides is 3. The molecule has 11 nitrogen and oxygen atoms in total. The van der Waals surface area contributed by atoms with Crippen LogP contribution >= 0.6 is 0 Å². The minimum absolute atomic E-state index is 0.0438. The second-order valence-electron chi connectivity index (χ2n) is 11.1. The van der Waals surface area contributed by atoms with E-state index in [2.05, 4.69) is 5.32 Å². The summed E-state index contributed by atoms with van der Waals surface area (Å²) in [5.41, 5.74) is -0.264. The SMILES string of the molecule is COC(=O)[C@@H](NC(=O)C1(Cc2cccc(F)c2)CCCN1C(=O)[C@@H]1CCCN1C(=O)OCc1ccccc1)[C@@H](C)OC(C)=O. The first-order valence-electron chi connectivity index (χ1n) is 14.6. The first kappa shape index (κ1) is 32.4. The molecule has 2 heterocycles. The number of ether oxygens (including phenoxy) is 3. The second-order valence-corrected chi connectivity index (χ2v) is 11.1. The van der Waals surface area contributed by atoms with Gasteiger partial charge in [0.25, 0.3) is 0 Å². The predicted octanol–water partition coefficient (Wildman–Crippen LogP) is 3.14. The Morgan fingerprint density at radius 3 is 2.43 bits per heavy atom. The maximum absolute atomic E-state index is 14.2. The molecule has 12 heteroatoms. The van der Waals surface area contributed by atoms with E-state index in [1.165, 1.54) is 41.8 Å². The standard InChI is InChI=1S/C32H38FN3O8/c1-21(44-22(2)37)27(29(39)42-3)34-30(40)32(19-24-12-7-13-25(33)18-24)15-9-17-36(32)28(38)26-14-8-16-35(26)31(41)43-20-23-10-5-4-6-11-23/h4-7,10-13,18,21,26-27H,8-9,14-17,19-20H2,1-3H3,(H,34,40)/t21-,26+,27+,32?/m1/s1. The van der Waals surface area contributed by atoms with Crippen molar-refractivity contribution in [1.29, 1.82) is 0 Å². The molecular weight excluding hydrogens is 573 g/mol. The van der Waals surface area contributed by atoms with E-state index in [9.17, 15) is 28.4 Å². The van der Waals surface area contributed by atoms with Crippen molar-refractivity contribution in [3.05, 3.63) is 71.5 Å². The Bertz CT molecular complexity index is 1370. The van der Waals surface area contributed by atoms with E-state index in [-0.39, 0.29) is 26.0 Å². The van der Waals surface area contributed by atoms with Crippen LogP contribution in [0.1, 0.15) is 50.7 Å². The van der Waals surface area contributed by atoms with Gasteiger partial charge in [-0.3, -0.25) is 19.3 Å². The number of nitrogens with zero attached hydrogens (tertiary/aromatic N) is 2. The van der Waals surface area contributed by atoms with E-state index in [0.29, 0.717) is 31.4 Å². The molecule has 0 spiro atoms. The minimum Gasteiger partial charge on any atom is -0.467 e. The van der Waals surface area contributed by atoms with Crippen LogP contribution in [-0.2, 0) is 46.4 Å². The van der Waals surface area contributed by atoms with E-state index in [0.717, 1.165) is 12.7 Å². The molecule has 0 bridgehead atoms. The molecule has 4 atom stereocenters. The van der Waals surface area contributed by atoms with E-state index >= 15 is 0 Å². The maximum Gasteiger partial charge on any atom is 0.410 e. The number of hydrogen-bond donors (Lipinski definition) is 1. The number of hydrogen-bond acceptors (Lipinski definition) is 8. The summed E-state index contributed by atoms with van der Waals surface area (Å²) in [6.07, 6.45) is -0.164. The number of likely N-dealkylation sites (tertiary alicyclic amines) is 2. The Labute approximate surface area is 255 Å². The lowest BCUT2D eigenvalue weighted by Gasteiger charge is -2.40. The van der Waals surface area contributed by atoms with Crippen LogP contribution in [-0.4, -0.2) is 83.6 Å². The summed E-state index contributed by atoms with van der Waals surface area (Å²) in [5.74, 6) is -3.13. The third-order valence-corrected chi connectivity index (χ3v) is 8.10. The summed E-state index contributed by atoms with van der Waals surface area (Å²) in [4.78, 5) is 68.7. The predicted molar refractivity (Wildman–Crippen MR) is 155 cm³/mol. The van der Waals surface area contributed by atoms with Crippen molar-refractivity contribution in [3.8, 4) is 0 Å². The van der Waals surface area contributed by atoms with Crippen LogP contribution in [0.2, 0.25) is 0 Å². The Morgan fingerprint density at radius 1 is 1.02 bits per heavy atom. The third-order valence-electron chi connectivity index (χ3n) is 8.10. The van der Waals surface area contributed by atoms with Crippen LogP contribution < -0.4 is 5.32 Å². The smallest absolute Gasteiger partial charge is 0.410 e. The molecule has 2 aromatic rings. The number of carbonyl (C=O) groups is 5. The van der Waals surface area contributed by atoms with Gasteiger partial charge in [0.15, 0.2) is 6.04 Å². The lowest BCUT2D eigenvalue weighted by molar-refractivity contribution is -0.158. The number of nitrogens with one attached hydrogen (secondary N) is 1. The molecule has 0 saturated carbocycles. The van der Waals surface area contributed by atoms with Crippen molar-refractivity contribution in [2.24, 2.45) is 0 Å². The largest absolute Gasteiger partial charge is 0.467 e. The first-order chi connectivity index (χ1) is 21.1. The number of benzene rings is 2. The van der Waals surface area contributed by atoms with Gasteiger partial charge < -0.3 is 24.4 Å². The minimum atomic E-state index is -1.53. The molecule has 2 aromatic carbocycles. The molecule has 2 saturated heterocycles. The fourth-order valence-corrected chi connectivity index (χ4v) is 6.01. The van der Waals surface area contributed by atoms with Crippen LogP contribution in [0.5, 0.6) is 0 Å². The van der Waals surface area contributed by atoms with Crippen LogP contribution in [0.4, 0.5) is 9.18 Å². The van der Waals surface area contributed by atoms with Crippen LogP contribution in [0, 0.1) is 5.82 Å². The molecule has 0 aromatic heterocycles. The van der Waals surface area contributed by atoms with E-state index in [1.54, 1.807) is 6.07 Å². The van der Waals surface area contributed by atoms with Gasteiger partial charge in [-0.25, -0.2) is 14.0 Å². The molecule has 44 heavy (non-hydrogen) atoms. The molecule has 0 aliphatic carbocycles. The number of carbonyl (C=O) groups excluding carboxylic acids is 5. The lowest BCUT2D eigenvalue weighted by Crippen LogP contribution is -2.64. The van der Waals surface area contributed by atoms with Gasteiger partial charge in [-0.2, -0.15) is 0 Å². The normalized spacial score (nSPS) is 20.9. The summed E-state index contributed by atoms with van der Waals surface area (Å²) in [6.45, 7) is 3.17. The van der Waals surface area contributed by atoms with Gasteiger partial charge in [0.1, 0.15) is 30.1 Å². The van der Waals surface area contributed by atoms with Crippen molar-refractivity contribution < 1.29 is 42.6 Å². The molecule has 236 valence electrons. The van der Waals surface area contributed by atoms with Gasteiger partial charge in [0, 0.05) is 26.4 Å². The van der Waals surface area contributed by atoms with Crippen molar-refractivity contribution in [2.45, 2.75) is 76.3 Å². The summed E-state index contributed by atoms with van der Waals surface area (Å²) in [6, 6.07) is 12.7. The van der Waals surface area contributed by atoms with Gasteiger partial charge in [0.05, 0.1) is 7.11 Å². The summed E-state index contributed by atoms with van der Waals surface area (Å²) in [5, 5.41) is 2.65. The van der Waals surface area contributed by atoms with Crippen molar-refractivity contribution in [2.75, 3.05) is 20.2 Å². The molecule has 4 rings (SSSR count). The Hall–Kier alpha value is -4.48.